The molecule has 8 saturated carbocycles. The van der Waals surface area contributed by atoms with E-state index >= 15 is 0 Å². The topological polar surface area (TPSA) is 20.2 Å². The lowest BCUT2D eigenvalue weighted by Gasteiger charge is -2.63. The van der Waals surface area contributed by atoms with Gasteiger partial charge >= 0.3 is 0 Å². The maximum absolute atomic E-state index is 10.4. The van der Waals surface area contributed by atoms with Crippen LogP contribution in [0.15, 0.2) is 0 Å². The van der Waals surface area contributed by atoms with E-state index in [1.807, 2.05) is 0 Å². The van der Waals surface area contributed by atoms with Crippen molar-refractivity contribution in [2.45, 2.75) is 31.8 Å². The zero-order valence-corrected chi connectivity index (χ0v) is 8.47. The maximum atomic E-state index is 10.4. The smallest absolute Gasteiger partial charge is 0.0607 e. The third-order valence-corrected chi connectivity index (χ3v) is 6.86. The molecule has 1 heteroatoms. The van der Waals surface area contributed by atoms with Gasteiger partial charge in [-0.25, -0.2) is 0 Å². The van der Waals surface area contributed by atoms with E-state index in [2.05, 4.69) is 0 Å². The van der Waals surface area contributed by atoms with Crippen LogP contribution < -0.4 is 0 Å². The molecular weight excluding hydrogens is 172 g/mol. The molecule has 8 bridgehead atoms. The van der Waals surface area contributed by atoms with Crippen LogP contribution in [-0.2, 0) is 0 Å². The van der Waals surface area contributed by atoms with E-state index in [9.17, 15) is 5.11 Å². The average molecular weight is 190 g/mol. The Hall–Kier alpha value is -0.0400. The van der Waals surface area contributed by atoms with Crippen LogP contribution in [0.4, 0.5) is 0 Å². The van der Waals surface area contributed by atoms with Crippen molar-refractivity contribution in [2.24, 2.45) is 47.3 Å². The SMILES string of the molecule is OC1C2C3CCC4C5CCC(C1C53)C42. The summed E-state index contributed by atoms with van der Waals surface area (Å²) in [6.07, 6.45) is 6.10. The van der Waals surface area contributed by atoms with Crippen molar-refractivity contribution in [3.05, 3.63) is 0 Å². The van der Waals surface area contributed by atoms with Crippen LogP contribution in [0.2, 0.25) is 0 Å². The highest BCUT2D eigenvalue weighted by Crippen LogP contribution is 2.77. The number of aliphatic hydroxyl groups is 1. The first-order valence-electron chi connectivity index (χ1n) is 6.56. The van der Waals surface area contributed by atoms with E-state index in [-0.39, 0.29) is 6.10 Å². The van der Waals surface area contributed by atoms with Crippen molar-refractivity contribution in [1.82, 2.24) is 0 Å². The fourth-order valence-electron chi connectivity index (χ4n) is 7.00. The summed E-state index contributed by atoms with van der Waals surface area (Å²) in [5.41, 5.74) is 0. The van der Waals surface area contributed by atoms with Crippen molar-refractivity contribution in [3.8, 4) is 0 Å². The molecule has 14 heavy (non-hydrogen) atoms. The van der Waals surface area contributed by atoms with E-state index in [1.54, 1.807) is 0 Å². The van der Waals surface area contributed by atoms with Crippen LogP contribution in [0.3, 0.4) is 0 Å². The van der Waals surface area contributed by atoms with Crippen molar-refractivity contribution in [2.75, 3.05) is 0 Å². The molecule has 76 valence electrons. The van der Waals surface area contributed by atoms with E-state index in [0.717, 1.165) is 47.3 Å². The largest absolute Gasteiger partial charge is 0.393 e. The van der Waals surface area contributed by atoms with Crippen LogP contribution in [-0.4, -0.2) is 11.2 Å². The number of rotatable bonds is 0. The van der Waals surface area contributed by atoms with Crippen molar-refractivity contribution < 1.29 is 5.11 Å². The van der Waals surface area contributed by atoms with Crippen LogP contribution in [0, 0.1) is 47.3 Å². The first kappa shape index (κ1) is 7.27. The molecule has 8 atom stereocenters. The molecule has 8 unspecified atom stereocenters. The van der Waals surface area contributed by atoms with E-state index in [1.165, 1.54) is 25.7 Å². The molecule has 1 N–H and O–H groups in total. The van der Waals surface area contributed by atoms with E-state index in [4.69, 9.17) is 0 Å². The molecule has 8 aliphatic carbocycles. The van der Waals surface area contributed by atoms with Gasteiger partial charge in [0.05, 0.1) is 6.10 Å². The van der Waals surface area contributed by atoms with Gasteiger partial charge in [-0.05, 0) is 73.0 Å². The minimum Gasteiger partial charge on any atom is -0.393 e. The Kier molecular flexibility index (Phi) is 1.00. The summed E-state index contributed by atoms with van der Waals surface area (Å²) in [7, 11) is 0. The van der Waals surface area contributed by atoms with Crippen LogP contribution in [0.5, 0.6) is 0 Å². The lowest BCUT2D eigenvalue weighted by atomic mass is 9.41. The van der Waals surface area contributed by atoms with Gasteiger partial charge in [0.1, 0.15) is 0 Å². The first-order chi connectivity index (χ1) is 6.88. The Balaban J connectivity index is 1.78. The molecule has 0 aromatic rings. The second-order valence-electron chi connectivity index (χ2n) is 6.61. The van der Waals surface area contributed by atoms with Gasteiger partial charge in [-0.2, -0.15) is 0 Å². The highest BCUT2D eigenvalue weighted by Gasteiger charge is 2.74. The third kappa shape index (κ3) is 0.493. The minimum absolute atomic E-state index is 0.132. The Morgan fingerprint density at radius 1 is 0.571 bits per heavy atom. The standard InChI is InChI=1S/C13H18O/c14-13-11-7-3-1-5-6-2-4-8(9(5)11)12(13)10(6)7/h5-14H,1-4H2. The summed E-state index contributed by atoms with van der Waals surface area (Å²) in [4.78, 5) is 0. The summed E-state index contributed by atoms with van der Waals surface area (Å²) >= 11 is 0. The lowest BCUT2D eigenvalue weighted by molar-refractivity contribution is -0.157. The molecule has 0 aromatic carbocycles. The average Bonchev–Trinajstić information content (AvgIpc) is 2.69. The highest BCUT2D eigenvalue weighted by atomic mass is 16.3. The molecule has 0 saturated heterocycles. The first-order valence-corrected chi connectivity index (χ1v) is 6.56. The van der Waals surface area contributed by atoms with Gasteiger partial charge in [-0.3, -0.25) is 0 Å². The molecule has 0 spiro atoms. The second kappa shape index (κ2) is 1.93. The highest BCUT2D eigenvalue weighted by molar-refractivity contribution is 5.22. The fourth-order valence-corrected chi connectivity index (χ4v) is 7.00. The van der Waals surface area contributed by atoms with E-state index in [0.29, 0.717) is 0 Å². The van der Waals surface area contributed by atoms with Crippen LogP contribution >= 0.6 is 0 Å². The van der Waals surface area contributed by atoms with Gasteiger partial charge in [0, 0.05) is 0 Å². The van der Waals surface area contributed by atoms with Gasteiger partial charge in [0.25, 0.3) is 0 Å². The summed E-state index contributed by atoms with van der Waals surface area (Å²) in [6, 6.07) is 0. The number of aliphatic hydroxyl groups excluding tert-OH is 1. The number of fused-ring (bicyclic) bond motifs is 2. The zero-order valence-electron chi connectivity index (χ0n) is 8.47. The molecule has 0 amide bonds. The normalized spacial score (nSPS) is 76.5. The number of hydrogen-bond donors (Lipinski definition) is 1. The van der Waals surface area contributed by atoms with Crippen LogP contribution in [0.25, 0.3) is 0 Å². The summed E-state index contributed by atoms with van der Waals surface area (Å²) in [6.45, 7) is 0. The van der Waals surface area contributed by atoms with Crippen molar-refractivity contribution in [3.63, 3.8) is 0 Å². The molecule has 0 aromatic heterocycles. The Bertz CT molecular complexity index is 270. The minimum atomic E-state index is 0.132. The number of hydrogen-bond acceptors (Lipinski definition) is 1. The maximum Gasteiger partial charge on any atom is 0.0607 e. The van der Waals surface area contributed by atoms with Gasteiger partial charge in [-0.15, -0.1) is 0 Å². The molecule has 8 aliphatic rings. The van der Waals surface area contributed by atoms with Crippen molar-refractivity contribution >= 4 is 0 Å². The Morgan fingerprint density at radius 2 is 1.00 bits per heavy atom. The zero-order chi connectivity index (χ0) is 9.02. The van der Waals surface area contributed by atoms with Gasteiger partial charge in [0.2, 0.25) is 0 Å². The predicted molar refractivity (Wildman–Crippen MR) is 52.4 cm³/mol. The molecule has 8 rings (SSSR count). The van der Waals surface area contributed by atoms with Gasteiger partial charge < -0.3 is 5.11 Å². The second-order valence-corrected chi connectivity index (χ2v) is 6.61. The third-order valence-electron chi connectivity index (χ3n) is 6.86. The Labute approximate surface area is 84.9 Å². The molecule has 0 aliphatic heterocycles. The summed E-state index contributed by atoms with van der Waals surface area (Å²) in [5.74, 6) is 7.55. The van der Waals surface area contributed by atoms with E-state index < -0.39 is 0 Å². The summed E-state index contributed by atoms with van der Waals surface area (Å²) in [5, 5.41) is 10.4. The quantitative estimate of drug-likeness (QED) is 0.618. The lowest BCUT2D eigenvalue weighted by Crippen LogP contribution is -2.58. The van der Waals surface area contributed by atoms with Gasteiger partial charge in [0.15, 0.2) is 0 Å². The fraction of sp³-hybridized carbons (Fsp3) is 1.00. The molecule has 8 fully saturated rings. The molecule has 1 nitrogen and oxygen atoms in total. The molecule has 0 radical (unpaired) electrons. The summed E-state index contributed by atoms with van der Waals surface area (Å²) < 4.78 is 0. The molecule has 0 heterocycles. The molecular formula is C13H18O. The monoisotopic (exact) mass is 190 g/mol. The predicted octanol–water partition coefficient (Wildman–Crippen LogP) is 1.91. The van der Waals surface area contributed by atoms with Gasteiger partial charge in [-0.1, -0.05) is 0 Å². The van der Waals surface area contributed by atoms with Crippen LogP contribution in [0.1, 0.15) is 25.7 Å². The Morgan fingerprint density at radius 3 is 1.50 bits per heavy atom. The van der Waals surface area contributed by atoms with Crippen molar-refractivity contribution in [1.29, 1.82) is 0 Å².